The Bertz CT molecular complexity index is 991. The first-order chi connectivity index (χ1) is 19.8. The molecule has 1 aromatic rings. The highest BCUT2D eigenvalue weighted by molar-refractivity contribution is 5.95. The zero-order valence-corrected chi connectivity index (χ0v) is 26.0. The van der Waals surface area contributed by atoms with E-state index in [9.17, 15) is 9.59 Å². The molecule has 4 rings (SSSR count). The molecule has 1 aromatic carbocycles. The van der Waals surface area contributed by atoms with Crippen molar-refractivity contribution < 1.29 is 23.8 Å². The first-order valence-electron chi connectivity index (χ1n) is 15.9. The molecule has 0 spiro atoms. The van der Waals surface area contributed by atoms with Gasteiger partial charge in [0.1, 0.15) is 11.9 Å². The van der Waals surface area contributed by atoms with Crippen LogP contribution in [0.1, 0.15) is 81.1 Å². The van der Waals surface area contributed by atoms with Crippen LogP contribution in [0.4, 0.5) is 0 Å². The second-order valence-electron chi connectivity index (χ2n) is 12.7. The number of benzene rings is 1. The van der Waals surface area contributed by atoms with Crippen LogP contribution in [-0.2, 0) is 14.3 Å². The lowest BCUT2D eigenvalue weighted by atomic mass is 9.84. The number of hydrogen-bond donors (Lipinski definition) is 1. The Labute approximate surface area is 247 Å². The zero-order chi connectivity index (χ0) is 29.4. The van der Waals surface area contributed by atoms with Crippen LogP contribution in [0.5, 0.6) is 5.75 Å². The van der Waals surface area contributed by atoms with E-state index in [0.717, 1.165) is 63.1 Å². The van der Waals surface area contributed by atoms with E-state index >= 15 is 0 Å². The van der Waals surface area contributed by atoms with Crippen LogP contribution in [0.25, 0.3) is 0 Å². The van der Waals surface area contributed by atoms with E-state index in [1.165, 1.54) is 19.3 Å². The van der Waals surface area contributed by atoms with E-state index in [1.54, 1.807) is 14.2 Å². The number of aryl methyl sites for hydroxylation is 1. The van der Waals surface area contributed by atoms with Gasteiger partial charge in [0.15, 0.2) is 0 Å². The second kappa shape index (κ2) is 15.4. The minimum absolute atomic E-state index is 0.0271. The van der Waals surface area contributed by atoms with Crippen molar-refractivity contribution in [2.24, 2.45) is 17.8 Å². The van der Waals surface area contributed by atoms with Crippen molar-refractivity contribution in [2.45, 2.75) is 90.3 Å². The number of nitrogens with zero attached hydrogens (tertiary/aromatic N) is 2. The van der Waals surface area contributed by atoms with Crippen molar-refractivity contribution in [1.82, 2.24) is 15.1 Å². The number of hydrogen-bond acceptors (Lipinski definition) is 6. The highest BCUT2D eigenvalue weighted by atomic mass is 16.5. The third-order valence-electron chi connectivity index (χ3n) is 9.26. The number of carbonyl (C=O) groups excluding carboxylic acids is 2. The van der Waals surface area contributed by atoms with Gasteiger partial charge in [0.05, 0.1) is 6.61 Å². The topological polar surface area (TPSA) is 80.3 Å². The fourth-order valence-electron chi connectivity index (χ4n) is 6.59. The van der Waals surface area contributed by atoms with Gasteiger partial charge in [0, 0.05) is 71.1 Å². The number of amides is 2. The molecule has 0 aromatic heterocycles. The molecule has 0 unspecified atom stereocenters. The van der Waals surface area contributed by atoms with Gasteiger partial charge in [-0.3, -0.25) is 9.59 Å². The Morgan fingerprint density at radius 1 is 0.976 bits per heavy atom. The molecule has 2 amide bonds. The summed E-state index contributed by atoms with van der Waals surface area (Å²) >= 11 is 0. The number of methoxy groups -OCH3 is 2. The molecule has 1 aliphatic heterocycles. The van der Waals surface area contributed by atoms with Gasteiger partial charge in [-0.15, -0.1) is 0 Å². The normalized spacial score (nSPS) is 22.1. The zero-order valence-electron chi connectivity index (χ0n) is 26.0. The molecular weight excluding hydrogens is 518 g/mol. The van der Waals surface area contributed by atoms with Crippen molar-refractivity contribution in [3.63, 3.8) is 0 Å². The van der Waals surface area contributed by atoms with E-state index in [0.29, 0.717) is 43.2 Å². The number of nitrogens with one attached hydrogen (secondary N) is 1. The average molecular weight is 572 g/mol. The van der Waals surface area contributed by atoms with Crippen LogP contribution in [0.2, 0.25) is 0 Å². The molecule has 3 atom stereocenters. The van der Waals surface area contributed by atoms with Gasteiger partial charge in [-0.25, -0.2) is 0 Å². The van der Waals surface area contributed by atoms with Crippen molar-refractivity contribution in [1.29, 1.82) is 0 Å². The predicted octanol–water partition coefficient (Wildman–Crippen LogP) is 4.68. The predicted molar refractivity (Wildman–Crippen MR) is 161 cm³/mol. The Balaban J connectivity index is 1.43. The fraction of sp³-hybridized carbons (Fsp3) is 0.758. The summed E-state index contributed by atoms with van der Waals surface area (Å²) in [4.78, 5) is 31.8. The largest absolute Gasteiger partial charge is 0.493 e. The Kier molecular flexibility index (Phi) is 11.9. The molecule has 0 bridgehead atoms. The highest BCUT2D eigenvalue weighted by Gasteiger charge is 2.42. The van der Waals surface area contributed by atoms with E-state index in [1.807, 2.05) is 30.0 Å². The molecule has 1 heterocycles. The molecular formula is C33H53N3O5. The van der Waals surface area contributed by atoms with Crippen LogP contribution < -0.4 is 10.1 Å². The van der Waals surface area contributed by atoms with Crippen LogP contribution in [-0.4, -0.2) is 93.4 Å². The first kappa shape index (κ1) is 31.8. The summed E-state index contributed by atoms with van der Waals surface area (Å²) in [6.45, 7) is 10.5. The summed E-state index contributed by atoms with van der Waals surface area (Å²) in [5, 5.41) is 3.57. The molecule has 41 heavy (non-hydrogen) atoms. The second-order valence-corrected chi connectivity index (χ2v) is 12.7. The summed E-state index contributed by atoms with van der Waals surface area (Å²) < 4.78 is 17.0. The summed E-state index contributed by atoms with van der Waals surface area (Å²) in [7, 11) is 3.39. The van der Waals surface area contributed by atoms with Crippen molar-refractivity contribution in [3.8, 4) is 5.75 Å². The van der Waals surface area contributed by atoms with Crippen LogP contribution in [0.15, 0.2) is 18.2 Å². The van der Waals surface area contributed by atoms with Gasteiger partial charge in [0.2, 0.25) is 0 Å². The molecule has 8 heteroatoms. The van der Waals surface area contributed by atoms with E-state index < -0.39 is 0 Å². The van der Waals surface area contributed by atoms with Crippen LogP contribution >= 0.6 is 0 Å². The highest BCUT2D eigenvalue weighted by Crippen LogP contribution is 2.34. The van der Waals surface area contributed by atoms with Gasteiger partial charge >= 0.3 is 0 Å². The Morgan fingerprint density at radius 2 is 1.68 bits per heavy atom. The van der Waals surface area contributed by atoms with Gasteiger partial charge in [-0.2, -0.15) is 0 Å². The molecule has 2 saturated carbocycles. The van der Waals surface area contributed by atoms with Crippen LogP contribution in [0, 0.1) is 24.7 Å². The number of ether oxygens (including phenoxy) is 3. The summed E-state index contributed by atoms with van der Waals surface area (Å²) in [5.74, 6) is 1.87. The maximum atomic E-state index is 13.8. The maximum Gasteiger partial charge on any atom is 0.254 e. The van der Waals surface area contributed by atoms with Crippen molar-refractivity contribution >= 4 is 11.8 Å². The molecule has 8 nitrogen and oxygen atoms in total. The van der Waals surface area contributed by atoms with E-state index in [-0.39, 0.29) is 29.9 Å². The Hall–Kier alpha value is -2.16. The first-order valence-corrected chi connectivity index (χ1v) is 15.9. The molecule has 0 radical (unpaired) electrons. The Morgan fingerprint density at radius 3 is 2.32 bits per heavy atom. The van der Waals surface area contributed by atoms with Crippen molar-refractivity contribution in [2.75, 3.05) is 53.6 Å². The number of rotatable bonds is 15. The molecule has 1 saturated heterocycles. The fourth-order valence-corrected chi connectivity index (χ4v) is 6.59. The van der Waals surface area contributed by atoms with Crippen molar-refractivity contribution in [3.05, 3.63) is 29.3 Å². The summed E-state index contributed by atoms with van der Waals surface area (Å²) in [5.41, 5.74) is 1.67. The minimum Gasteiger partial charge on any atom is -0.493 e. The lowest BCUT2D eigenvalue weighted by Crippen LogP contribution is -2.49. The summed E-state index contributed by atoms with van der Waals surface area (Å²) in [6.07, 6.45) is 8.45. The smallest absolute Gasteiger partial charge is 0.254 e. The van der Waals surface area contributed by atoms with Crippen LogP contribution in [0.3, 0.4) is 0 Å². The van der Waals surface area contributed by atoms with E-state index in [4.69, 9.17) is 14.2 Å². The quantitative estimate of drug-likeness (QED) is 0.308. The lowest BCUT2D eigenvalue weighted by molar-refractivity contribution is -0.147. The monoisotopic (exact) mass is 571 g/mol. The lowest BCUT2D eigenvalue weighted by Gasteiger charge is -2.36. The molecule has 230 valence electrons. The van der Waals surface area contributed by atoms with Gasteiger partial charge in [0.25, 0.3) is 11.8 Å². The third kappa shape index (κ3) is 8.45. The summed E-state index contributed by atoms with van der Waals surface area (Å²) in [6, 6.07) is 6.15. The third-order valence-corrected chi connectivity index (χ3v) is 9.26. The molecule has 3 fully saturated rings. The minimum atomic E-state index is -0.329. The molecule has 2 aliphatic carbocycles. The van der Waals surface area contributed by atoms with Gasteiger partial charge < -0.3 is 29.3 Å². The molecule has 1 N–H and O–H groups in total. The standard InChI is InChI=1S/C33H53N3O5/c1-23(2)35(32(37)26-13-12-24(3)30(18-26)41-17-9-16-39-4)21-27-19-34-20-28(27)22-36(29-14-15-29)33(38)31(40-5)25-10-7-6-8-11-25/h12-13,18,23,25,27-29,31,34H,6-11,14-17,19-22H2,1-5H3/t27-,28-,31-/m0/s1. The van der Waals surface area contributed by atoms with Gasteiger partial charge in [-0.05, 0) is 81.9 Å². The SMILES string of the molecule is COCCCOc1cc(C(=O)N(C[C@@H]2CNC[C@H]2CN(C(=O)[C@@H](OC)C2CCCCC2)C2CC2)C(C)C)ccc1C. The molecule has 3 aliphatic rings. The van der Waals surface area contributed by atoms with E-state index in [2.05, 4.69) is 24.1 Å². The van der Waals surface area contributed by atoms with Gasteiger partial charge in [-0.1, -0.05) is 25.3 Å². The number of carbonyl (C=O) groups is 2. The maximum absolute atomic E-state index is 13.8. The average Bonchev–Trinajstić information content (AvgIpc) is 3.72.